The SMILES string of the molecule is CCC(C#N)(CC)N1CCCC1.CCC(CC)(C(N)c1ccccc1)N1CCCC1. The summed E-state index contributed by atoms with van der Waals surface area (Å²) in [5, 5.41) is 9.15. The van der Waals surface area contributed by atoms with Gasteiger partial charge in [0.25, 0.3) is 0 Å². The molecule has 1 aromatic carbocycles. The van der Waals surface area contributed by atoms with Gasteiger partial charge in [-0.1, -0.05) is 58.0 Å². The van der Waals surface area contributed by atoms with Crippen molar-refractivity contribution in [2.45, 2.75) is 96.2 Å². The number of rotatable bonds is 8. The molecule has 168 valence electrons. The number of benzene rings is 1. The lowest BCUT2D eigenvalue weighted by molar-refractivity contribution is 0.0767. The van der Waals surface area contributed by atoms with Crippen molar-refractivity contribution < 1.29 is 0 Å². The molecule has 1 aromatic rings. The van der Waals surface area contributed by atoms with E-state index in [1.807, 2.05) is 0 Å². The summed E-state index contributed by atoms with van der Waals surface area (Å²) in [6.07, 6.45) is 9.35. The molecule has 2 fully saturated rings. The summed E-state index contributed by atoms with van der Waals surface area (Å²) in [4.78, 5) is 4.98. The summed E-state index contributed by atoms with van der Waals surface area (Å²) >= 11 is 0. The van der Waals surface area contributed by atoms with Gasteiger partial charge in [-0.2, -0.15) is 5.26 Å². The first-order chi connectivity index (χ1) is 14.5. The number of nitriles is 1. The van der Waals surface area contributed by atoms with Gasteiger partial charge in [-0.3, -0.25) is 9.80 Å². The van der Waals surface area contributed by atoms with Crippen LogP contribution in [0, 0.1) is 11.3 Å². The first-order valence-electron chi connectivity index (χ1n) is 12.2. The van der Waals surface area contributed by atoms with E-state index in [2.05, 4.69) is 73.9 Å². The van der Waals surface area contributed by atoms with E-state index in [1.54, 1.807) is 0 Å². The van der Waals surface area contributed by atoms with Gasteiger partial charge in [-0.15, -0.1) is 0 Å². The first-order valence-corrected chi connectivity index (χ1v) is 12.2. The Morgan fingerprint density at radius 1 is 0.833 bits per heavy atom. The molecular weight excluding hydrogens is 368 g/mol. The molecule has 0 amide bonds. The zero-order valence-corrected chi connectivity index (χ0v) is 19.9. The summed E-state index contributed by atoms with van der Waals surface area (Å²) in [6.45, 7) is 13.5. The van der Waals surface area contributed by atoms with Crippen LogP contribution in [0.3, 0.4) is 0 Å². The van der Waals surface area contributed by atoms with Crippen LogP contribution in [0.15, 0.2) is 30.3 Å². The van der Waals surface area contributed by atoms with Crippen LogP contribution in [0.5, 0.6) is 0 Å². The van der Waals surface area contributed by atoms with Gasteiger partial charge in [-0.25, -0.2) is 0 Å². The molecule has 4 nitrogen and oxygen atoms in total. The summed E-state index contributed by atoms with van der Waals surface area (Å²) in [7, 11) is 0. The second kappa shape index (κ2) is 11.8. The largest absolute Gasteiger partial charge is 0.322 e. The lowest BCUT2D eigenvalue weighted by Crippen LogP contribution is -2.53. The fraction of sp³-hybridized carbons (Fsp3) is 0.731. The lowest BCUT2D eigenvalue weighted by atomic mass is 9.80. The molecule has 3 rings (SSSR count). The van der Waals surface area contributed by atoms with Crippen molar-refractivity contribution in [3.63, 3.8) is 0 Å². The summed E-state index contributed by atoms with van der Waals surface area (Å²) in [5.74, 6) is 0. The van der Waals surface area contributed by atoms with E-state index in [0.717, 1.165) is 38.8 Å². The van der Waals surface area contributed by atoms with Crippen LogP contribution in [-0.4, -0.2) is 47.1 Å². The fourth-order valence-electron chi connectivity index (χ4n) is 5.54. The normalized spacial score (nSPS) is 19.2. The van der Waals surface area contributed by atoms with Crippen LogP contribution >= 0.6 is 0 Å². The number of hydrogen-bond acceptors (Lipinski definition) is 4. The summed E-state index contributed by atoms with van der Waals surface area (Å²) < 4.78 is 0. The monoisotopic (exact) mass is 412 g/mol. The van der Waals surface area contributed by atoms with Crippen LogP contribution in [0.2, 0.25) is 0 Å². The number of nitrogens with two attached hydrogens (primary N) is 1. The highest BCUT2D eigenvalue weighted by molar-refractivity contribution is 5.23. The molecule has 1 atom stereocenters. The van der Waals surface area contributed by atoms with E-state index in [4.69, 9.17) is 11.0 Å². The zero-order chi connectivity index (χ0) is 22.0. The van der Waals surface area contributed by atoms with Crippen LogP contribution in [0.4, 0.5) is 0 Å². The Kier molecular flexibility index (Phi) is 9.81. The van der Waals surface area contributed by atoms with Gasteiger partial charge >= 0.3 is 0 Å². The average molecular weight is 413 g/mol. The van der Waals surface area contributed by atoms with Crippen molar-refractivity contribution in [1.29, 1.82) is 5.26 Å². The molecule has 4 heteroatoms. The molecule has 2 heterocycles. The second-order valence-electron chi connectivity index (χ2n) is 8.94. The van der Waals surface area contributed by atoms with E-state index in [-0.39, 0.29) is 17.1 Å². The van der Waals surface area contributed by atoms with Gasteiger partial charge < -0.3 is 5.73 Å². The van der Waals surface area contributed by atoms with Gasteiger partial charge in [-0.05, 0) is 83.1 Å². The Morgan fingerprint density at radius 3 is 1.70 bits per heavy atom. The molecule has 30 heavy (non-hydrogen) atoms. The summed E-state index contributed by atoms with van der Waals surface area (Å²) in [6, 6.07) is 13.2. The average Bonchev–Trinajstić information content (AvgIpc) is 3.53. The minimum atomic E-state index is -0.156. The predicted molar refractivity (Wildman–Crippen MR) is 127 cm³/mol. The molecule has 2 N–H and O–H groups in total. The summed E-state index contributed by atoms with van der Waals surface area (Å²) in [5.41, 5.74) is 7.89. The van der Waals surface area contributed by atoms with Crippen LogP contribution in [0.25, 0.3) is 0 Å². The van der Waals surface area contributed by atoms with Crippen molar-refractivity contribution in [3.05, 3.63) is 35.9 Å². The highest BCUT2D eigenvalue weighted by atomic mass is 15.2. The maximum atomic E-state index is 9.15. The zero-order valence-electron chi connectivity index (χ0n) is 19.9. The van der Waals surface area contributed by atoms with Crippen molar-refractivity contribution in [2.75, 3.05) is 26.2 Å². The molecule has 0 radical (unpaired) electrons. The number of hydrogen-bond donors (Lipinski definition) is 1. The maximum absolute atomic E-state index is 9.15. The third-order valence-electron chi connectivity index (χ3n) is 7.79. The van der Waals surface area contributed by atoms with Crippen LogP contribution in [0.1, 0.15) is 90.7 Å². The number of likely N-dealkylation sites (tertiary alicyclic amines) is 2. The highest BCUT2D eigenvalue weighted by Crippen LogP contribution is 2.37. The second-order valence-corrected chi connectivity index (χ2v) is 8.94. The van der Waals surface area contributed by atoms with Crippen LogP contribution in [-0.2, 0) is 0 Å². The predicted octanol–water partition coefficient (Wildman–Crippen LogP) is 5.51. The van der Waals surface area contributed by atoms with E-state index >= 15 is 0 Å². The van der Waals surface area contributed by atoms with Crippen molar-refractivity contribution >= 4 is 0 Å². The van der Waals surface area contributed by atoms with Gasteiger partial charge in [0.15, 0.2) is 0 Å². The molecular formula is C26H44N4. The smallest absolute Gasteiger partial charge is 0.108 e. The first kappa shape index (κ1) is 24.9. The maximum Gasteiger partial charge on any atom is 0.108 e. The Balaban J connectivity index is 0.000000232. The van der Waals surface area contributed by atoms with Crippen molar-refractivity contribution in [3.8, 4) is 6.07 Å². The molecule has 1 unspecified atom stereocenters. The fourth-order valence-corrected chi connectivity index (χ4v) is 5.54. The van der Waals surface area contributed by atoms with E-state index in [1.165, 1.54) is 44.3 Å². The molecule has 2 aliphatic heterocycles. The molecule has 0 saturated carbocycles. The van der Waals surface area contributed by atoms with E-state index in [0.29, 0.717) is 0 Å². The van der Waals surface area contributed by atoms with Crippen molar-refractivity contribution in [2.24, 2.45) is 5.73 Å². The third-order valence-corrected chi connectivity index (χ3v) is 7.79. The Hall–Kier alpha value is -1.41. The Bertz CT molecular complexity index is 631. The minimum Gasteiger partial charge on any atom is -0.322 e. The number of nitrogens with zero attached hydrogens (tertiary/aromatic N) is 3. The molecule has 0 bridgehead atoms. The van der Waals surface area contributed by atoms with Crippen molar-refractivity contribution in [1.82, 2.24) is 9.80 Å². The molecule has 0 aromatic heterocycles. The lowest BCUT2D eigenvalue weighted by Gasteiger charge is -2.45. The minimum absolute atomic E-state index is 0.117. The van der Waals surface area contributed by atoms with Gasteiger partial charge in [0.2, 0.25) is 0 Å². The molecule has 0 spiro atoms. The third kappa shape index (κ3) is 5.25. The van der Waals surface area contributed by atoms with E-state index in [9.17, 15) is 0 Å². The molecule has 2 saturated heterocycles. The van der Waals surface area contributed by atoms with Crippen LogP contribution < -0.4 is 5.73 Å². The topological polar surface area (TPSA) is 56.3 Å². The van der Waals surface area contributed by atoms with Gasteiger partial charge in [0.05, 0.1) is 6.07 Å². The van der Waals surface area contributed by atoms with E-state index < -0.39 is 0 Å². The Morgan fingerprint density at radius 2 is 1.30 bits per heavy atom. The standard InChI is InChI=1S/C16H26N2.C10H18N2/c1-3-16(4-2,18-12-8-9-13-18)15(17)14-10-6-5-7-11-14;1-3-10(4-2,9-11)12-7-5-6-8-12/h5-7,10-11,15H,3-4,8-9,12-13,17H2,1-2H3;3-8H2,1-2H3. The molecule has 2 aliphatic rings. The quantitative estimate of drug-likeness (QED) is 0.612. The Labute approximate surface area is 185 Å². The van der Waals surface area contributed by atoms with Gasteiger partial charge in [0, 0.05) is 11.6 Å². The van der Waals surface area contributed by atoms with Gasteiger partial charge in [0.1, 0.15) is 5.54 Å². The molecule has 0 aliphatic carbocycles. The highest BCUT2D eigenvalue weighted by Gasteiger charge is 2.40.